The molecule has 1 aliphatic rings. The molecule has 1 heterocycles. The molecule has 5 heteroatoms. The Balaban J connectivity index is 2.61. The summed E-state index contributed by atoms with van der Waals surface area (Å²) in [4.78, 5) is 0. The van der Waals surface area contributed by atoms with Gasteiger partial charge in [0.05, 0.1) is 12.4 Å². The predicted octanol–water partition coefficient (Wildman–Crippen LogP) is 0.940. The van der Waals surface area contributed by atoms with E-state index in [0.717, 1.165) is 6.42 Å². The van der Waals surface area contributed by atoms with E-state index >= 15 is 0 Å². The van der Waals surface area contributed by atoms with Crippen molar-refractivity contribution < 1.29 is 13.2 Å². The number of hydrogen-bond donors (Lipinski definition) is 0. The Morgan fingerprint density at radius 3 is 2.27 bits per heavy atom. The zero-order valence-electron chi connectivity index (χ0n) is 9.77. The minimum absolute atomic E-state index is 0.100. The van der Waals surface area contributed by atoms with Crippen molar-refractivity contribution in [3.63, 3.8) is 0 Å². The van der Waals surface area contributed by atoms with E-state index in [1.54, 1.807) is 4.31 Å². The molecule has 0 unspecified atom stereocenters. The van der Waals surface area contributed by atoms with E-state index in [0.29, 0.717) is 24.9 Å². The van der Waals surface area contributed by atoms with Gasteiger partial charge in [-0.1, -0.05) is 13.8 Å². The monoisotopic (exact) mass is 235 g/mol. The first-order chi connectivity index (χ1) is 6.95. The molecule has 0 saturated carbocycles. The van der Waals surface area contributed by atoms with Gasteiger partial charge in [0.2, 0.25) is 10.0 Å². The molecule has 0 aliphatic carbocycles. The van der Waals surface area contributed by atoms with Gasteiger partial charge in [0.1, 0.15) is 0 Å². The zero-order valence-corrected chi connectivity index (χ0v) is 10.6. The third-order valence-corrected chi connectivity index (χ3v) is 4.54. The van der Waals surface area contributed by atoms with E-state index in [9.17, 15) is 8.42 Å². The average Bonchev–Trinajstić information content (AvgIpc) is 2.13. The van der Waals surface area contributed by atoms with Crippen molar-refractivity contribution in [2.75, 3.05) is 32.6 Å². The van der Waals surface area contributed by atoms with Crippen molar-refractivity contribution in [2.45, 2.75) is 20.3 Å². The summed E-state index contributed by atoms with van der Waals surface area (Å²) in [6, 6.07) is 0. The van der Waals surface area contributed by atoms with Crippen molar-refractivity contribution in [1.29, 1.82) is 0 Å². The normalized spacial score (nSPS) is 29.3. The second-order valence-electron chi connectivity index (χ2n) is 4.57. The maximum absolute atomic E-state index is 11.9. The Kier molecular flexibility index (Phi) is 4.55. The van der Waals surface area contributed by atoms with E-state index in [-0.39, 0.29) is 12.4 Å². The molecule has 0 aromatic rings. The van der Waals surface area contributed by atoms with Gasteiger partial charge in [-0.3, -0.25) is 0 Å². The van der Waals surface area contributed by atoms with Gasteiger partial charge in [0.15, 0.2) is 0 Å². The average molecular weight is 235 g/mol. The first-order valence-corrected chi connectivity index (χ1v) is 7.03. The van der Waals surface area contributed by atoms with E-state index in [2.05, 4.69) is 13.8 Å². The van der Waals surface area contributed by atoms with Gasteiger partial charge in [-0.2, -0.15) is 0 Å². The summed E-state index contributed by atoms with van der Waals surface area (Å²) in [5.74, 6) is 1.03. The van der Waals surface area contributed by atoms with Crippen LogP contribution in [0.4, 0.5) is 0 Å². The molecule has 1 saturated heterocycles. The topological polar surface area (TPSA) is 46.6 Å². The van der Waals surface area contributed by atoms with Crippen LogP contribution in [-0.4, -0.2) is 45.3 Å². The van der Waals surface area contributed by atoms with E-state index < -0.39 is 10.0 Å². The molecule has 0 aromatic carbocycles. The van der Waals surface area contributed by atoms with Crippen LogP contribution in [0.3, 0.4) is 0 Å². The van der Waals surface area contributed by atoms with Crippen LogP contribution < -0.4 is 0 Å². The Bertz CT molecular complexity index is 279. The highest BCUT2D eigenvalue weighted by Gasteiger charge is 2.29. The van der Waals surface area contributed by atoms with Crippen molar-refractivity contribution in [3.8, 4) is 0 Å². The SMILES string of the molecule is COCCS(=O)(=O)N1C[C@H](C)C[C@@H](C)C1. The van der Waals surface area contributed by atoms with E-state index in [1.807, 2.05) is 0 Å². The van der Waals surface area contributed by atoms with Gasteiger partial charge in [-0.15, -0.1) is 0 Å². The number of ether oxygens (including phenoxy) is 1. The summed E-state index contributed by atoms with van der Waals surface area (Å²) < 4.78 is 30.2. The minimum atomic E-state index is -3.10. The maximum atomic E-state index is 11.9. The van der Waals surface area contributed by atoms with Crippen LogP contribution in [0, 0.1) is 11.8 Å². The molecule has 90 valence electrons. The highest BCUT2D eigenvalue weighted by Crippen LogP contribution is 2.23. The minimum Gasteiger partial charge on any atom is -0.384 e. The van der Waals surface area contributed by atoms with Gasteiger partial charge >= 0.3 is 0 Å². The summed E-state index contributed by atoms with van der Waals surface area (Å²) >= 11 is 0. The van der Waals surface area contributed by atoms with Crippen LogP contribution in [0.5, 0.6) is 0 Å². The number of sulfonamides is 1. The Morgan fingerprint density at radius 2 is 1.80 bits per heavy atom. The number of methoxy groups -OCH3 is 1. The Hall–Kier alpha value is -0.130. The third kappa shape index (κ3) is 3.74. The zero-order chi connectivity index (χ0) is 11.5. The van der Waals surface area contributed by atoms with Gasteiger partial charge in [-0.05, 0) is 18.3 Å². The highest BCUT2D eigenvalue weighted by molar-refractivity contribution is 7.89. The molecule has 15 heavy (non-hydrogen) atoms. The molecular weight excluding hydrogens is 214 g/mol. The number of nitrogens with zero attached hydrogens (tertiary/aromatic N) is 1. The molecule has 0 radical (unpaired) electrons. The molecular formula is C10H21NO3S. The van der Waals surface area contributed by atoms with Crippen molar-refractivity contribution in [3.05, 3.63) is 0 Å². The van der Waals surface area contributed by atoms with Crippen molar-refractivity contribution >= 4 is 10.0 Å². The van der Waals surface area contributed by atoms with Gasteiger partial charge in [-0.25, -0.2) is 12.7 Å². The van der Waals surface area contributed by atoms with Crippen molar-refractivity contribution in [2.24, 2.45) is 11.8 Å². The molecule has 1 fully saturated rings. The number of piperidine rings is 1. The lowest BCUT2D eigenvalue weighted by Gasteiger charge is -2.33. The molecule has 0 N–H and O–H groups in total. The Labute approximate surface area is 92.7 Å². The molecule has 0 aromatic heterocycles. The lowest BCUT2D eigenvalue weighted by Crippen LogP contribution is -2.44. The van der Waals surface area contributed by atoms with E-state index in [1.165, 1.54) is 7.11 Å². The van der Waals surface area contributed by atoms with Crippen LogP contribution in [0.1, 0.15) is 20.3 Å². The first kappa shape index (κ1) is 12.9. The third-order valence-electron chi connectivity index (χ3n) is 2.77. The molecule has 0 bridgehead atoms. The van der Waals surface area contributed by atoms with Crippen LogP contribution >= 0.6 is 0 Å². The highest BCUT2D eigenvalue weighted by atomic mass is 32.2. The molecule has 1 rings (SSSR count). The van der Waals surface area contributed by atoms with Crippen LogP contribution in [-0.2, 0) is 14.8 Å². The first-order valence-electron chi connectivity index (χ1n) is 5.42. The molecule has 4 nitrogen and oxygen atoms in total. The van der Waals surface area contributed by atoms with Crippen molar-refractivity contribution in [1.82, 2.24) is 4.31 Å². The summed E-state index contributed by atoms with van der Waals surface area (Å²) in [6.07, 6.45) is 1.12. The number of hydrogen-bond acceptors (Lipinski definition) is 3. The van der Waals surface area contributed by atoms with Crippen LogP contribution in [0.25, 0.3) is 0 Å². The van der Waals surface area contributed by atoms with Crippen LogP contribution in [0.2, 0.25) is 0 Å². The molecule has 0 spiro atoms. The summed E-state index contributed by atoms with van der Waals surface area (Å²) in [6.45, 7) is 5.82. The fraction of sp³-hybridized carbons (Fsp3) is 1.00. The molecule has 0 amide bonds. The largest absolute Gasteiger partial charge is 0.384 e. The van der Waals surface area contributed by atoms with Gasteiger partial charge in [0.25, 0.3) is 0 Å². The standard InChI is InChI=1S/C10H21NO3S/c1-9-6-10(2)8-11(7-9)15(12,13)5-4-14-3/h9-10H,4-8H2,1-3H3/t9-,10-/m1/s1. The van der Waals surface area contributed by atoms with Crippen LogP contribution in [0.15, 0.2) is 0 Å². The maximum Gasteiger partial charge on any atom is 0.216 e. The number of rotatable bonds is 4. The Morgan fingerprint density at radius 1 is 1.27 bits per heavy atom. The van der Waals surface area contributed by atoms with Gasteiger partial charge < -0.3 is 4.74 Å². The predicted molar refractivity (Wildman–Crippen MR) is 60.2 cm³/mol. The molecule has 2 atom stereocenters. The smallest absolute Gasteiger partial charge is 0.216 e. The van der Waals surface area contributed by atoms with E-state index in [4.69, 9.17) is 4.74 Å². The quantitative estimate of drug-likeness (QED) is 0.728. The second kappa shape index (κ2) is 5.27. The van der Waals surface area contributed by atoms with Gasteiger partial charge in [0, 0.05) is 20.2 Å². The fourth-order valence-corrected chi connectivity index (χ4v) is 3.75. The summed E-state index contributed by atoms with van der Waals surface area (Å²) in [7, 11) is -1.58. The summed E-state index contributed by atoms with van der Waals surface area (Å²) in [5, 5.41) is 0. The fourth-order valence-electron chi connectivity index (χ4n) is 2.15. The lowest BCUT2D eigenvalue weighted by atomic mass is 9.94. The summed E-state index contributed by atoms with van der Waals surface area (Å²) in [5.41, 5.74) is 0. The molecule has 1 aliphatic heterocycles. The second-order valence-corrected chi connectivity index (χ2v) is 6.66. The lowest BCUT2D eigenvalue weighted by molar-refractivity contribution is 0.204.